The minimum Gasteiger partial charge on any atom is -0.497 e. The van der Waals surface area contributed by atoms with Gasteiger partial charge in [-0.2, -0.15) is 0 Å². The van der Waals surface area contributed by atoms with Gasteiger partial charge in [0.1, 0.15) is 5.75 Å². The van der Waals surface area contributed by atoms with Crippen LogP contribution >= 0.6 is 11.3 Å². The van der Waals surface area contributed by atoms with E-state index in [9.17, 15) is 0 Å². The SMILES string of the molecule is COc1ccc2[nH]c3c(c2c1)CN(Cc1ccc(C2CCCO2)s1)CC3. The van der Waals surface area contributed by atoms with E-state index in [1.54, 1.807) is 7.11 Å². The molecular weight excluding hydrogens is 344 g/mol. The van der Waals surface area contributed by atoms with Crippen LogP contribution in [0.25, 0.3) is 10.9 Å². The first-order valence-corrected chi connectivity index (χ1v) is 10.2. The number of thiophene rings is 1. The number of rotatable bonds is 4. The summed E-state index contributed by atoms with van der Waals surface area (Å²) in [4.78, 5) is 8.99. The van der Waals surface area contributed by atoms with E-state index in [4.69, 9.17) is 9.47 Å². The lowest BCUT2D eigenvalue weighted by molar-refractivity contribution is 0.114. The number of fused-ring (bicyclic) bond motifs is 3. The molecule has 0 bridgehead atoms. The summed E-state index contributed by atoms with van der Waals surface area (Å²) in [6.07, 6.45) is 3.78. The number of hydrogen-bond donors (Lipinski definition) is 1. The zero-order valence-corrected chi connectivity index (χ0v) is 15.9. The van der Waals surface area contributed by atoms with Gasteiger partial charge in [0.25, 0.3) is 0 Å². The van der Waals surface area contributed by atoms with E-state index >= 15 is 0 Å². The molecule has 3 aromatic rings. The summed E-state index contributed by atoms with van der Waals surface area (Å²) in [6, 6.07) is 10.9. The van der Waals surface area contributed by atoms with Crippen molar-refractivity contribution >= 4 is 22.2 Å². The van der Waals surface area contributed by atoms with E-state index < -0.39 is 0 Å². The van der Waals surface area contributed by atoms with Crippen LogP contribution in [0.2, 0.25) is 0 Å². The molecule has 0 aliphatic carbocycles. The van der Waals surface area contributed by atoms with E-state index in [0.717, 1.165) is 38.4 Å². The molecule has 4 nitrogen and oxygen atoms in total. The maximum Gasteiger partial charge on any atom is 0.119 e. The van der Waals surface area contributed by atoms with E-state index in [-0.39, 0.29) is 0 Å². The van der Waals surface area contributed by atoms with Gasteiger partial charge in [-0.15, -0.1) is 11.3 Å². The largest absolute Gasteiger partial charge is 0.497 e. The molecule has 0 amide bonds. The average Bonchev–Trinajstić information content (AvgIpc) is 3.40. The smallest absolute Gasteiger partial charge is 0.119 e. The lowest BCUT2D eigenvalue weighted by atomic mass is 10.0. The highest BCUT2D eigenvalue weighted by Crippen LogP contribution is 2.35. The highest BCUT2D eigenvalue weighted by atomic mass is 32.1. The number of H-pyrrole nitrogens is 1. The lowest BCUT2D eigenvalue weighted by Gasteiger charge is -2.26. The summed E-state index contributed by atoms with van der Waals surface area (Å²) in [7, 11) is 1.73. The van der Waals surface area contributed by atoms with Crippen LogP contribution in [0.1, 0.15) is 40.0 Å². The van der Waals surface area contributed by atoms with Gasteiger partial charge in [0.15, 0.2) is 0 Å². The van der Waals surface area contributed by atoms with Crippen LogP contribution in [0.4, 0.5) is 0 Å². The minimum atomic E-state index is 0.336. The predicted molar refractivity (Wildman–Crippen MR) is 105 cm³/mol. The van der Waals surface area contributed by atoms with Crippen molar-refractivity contribution in [3.05, 3.63) is 51.3 Å². The second kappa shape index (κ2) is 6.72. The van der Waals surface area contributed by atoms with E-state index in [0.29, 0.717) is 6.10 Å². The number of nitrogens with one attached hydrogen (secondary N) is 1. The molecule has 0 radical (unpaired) electrons. The molecule has 1 atom stereocenters. The summed E-state index contributed by atoms with van der Waals surface area (Å²) in [5, 5.41) is 1.30. The number of methoxy groups -OCH3 is 1. The second-order valence-electron chi connectivity index (χ2n) is 7.26. The number of hydrogen-bond acceptors (Lipinski definition) is 4. The zero-order valence-electron chi connectivity index (χ0n) is 15.1. The van der Waals surface area contributed by atoms with E-state index in [2.05, 4.69) is 34.1 Å². The van der Waals surface area contributed by atoms with Gasteiger partial charge in [-0.05, 0) is 48.7 Å². The fraction of sp³-hybridized carbons (Fsp3) is 0.429. The Balaban J connectivity index is 1.35. The Hall–Kier alpha value is -1.82. The number of benzene rings is 1. The molecule has 1 saturated heterocycles. The van der Waals surface area contributed by atoms with Crippen LogP contribution < -0.4 is 4.74 Å². The molecule has 1 fully saturated rings. The van der Waals surface area contributed by atoms with Gasteiger partial charge in [0.05, 0.1) is 13.2 Å². The molecule has 2 aliphatic rings. The molecule has 5 heteroatoms. The molecule has 5 rings (SSSR count). The molecule has 136 valence electrons. The molecular formula is C21H24N2O2S. The van der Waals surface area contributed by atoms with Crippen molar-refractivity contribution < 1.29 is 9.47 Å². The summed E-state index contributed by atoms with van der Waals surface area (Å²) >= 11 is 1.92. The van der Waals surface area contributed by atoms with E-state index in [1.165, 1.54) is 44.8 Å². The lowest BCUT2D eigenvalue weighted by Crippen LogP contribution is -2.29. The van der Waals surface area contributed by atoms with Gasteiger partial charge in [0, 0.05) is 59.0 Å². The normalized spacial score (nSPS) is 20.6. The van der Waals surface area contributed by atoms with Crippen molar-refractivity contribution in [2.24, 2.45) is 0 Å². The Labute approximate surface area is 157 Å². The maximum absolute atomic E-state index is 5.83. The third kappa shape index (κ3) is 2.94. The van der Waals surface area contributed by atoms with E-state index in [1.807, 2.05) is 17.4 Å². The van der Waals surface area contributed by atoms with Crippen molar-refractivity contribution in [2.75, 3.05) is 20.3 Å². The quantitative estimate of drug-likeness (QED) is 0.728. The first kappa shape index (κ1) is 16.4. The third-order valence-corrected chi connectivity index (χ3v) is 6.73. The molecule has 2 aliphatic heterocycles. The predicted octanol–water partition coefficient (Wildman–Crippen LogP) is 4.65. The minimum absolute atomic E-state index is 0.336. The van der Waals surface area contributed by atoms with Crippen LogP contribution in [0.15, 0.2) is 30.3 Å². The topological polar surface area (TPSA) is 37.5 Å². The number of aromatic nitrogens is 1. The first-order valence-electron chi connectivity index (χ1n) is 9.40. The highest BCUT2D eigenvalue weighted by Gasteiger charge is 2.23. The molecule has 1 aromatic carbocycles. The van der Waals surface area contributed by atoms with Gasteiger partial charge in [-0.1, -0.05) is 0 Å². The molecule has 26 heavy (non-hydrogen) atoms. The summed E-state index contributed by atoms with van der Waals surface area (Å²) in [6.45, 7) is 4.03. The van der Waals surface area contributed by atoms with Crippen molar-refractivity contribution in [3.8, 4) is 5.75 Å². The number of nitrogens with zero attached hydrogens (tertiary/aromatic N) is 1. The van der Waals surface area contributed by atoms with Crippen molar-refractivity contribution in [1.82, 2.24) is 9.88 Å². The third-order valence-electron chi connectivity index (χ3n) is 5.57. The van der Waals surface area contributed by atoms with Gasteiger partial charge in [-0.25, -0.2) is 0 Å². The maximum atomic E-state index is 5.83. The summed E-state index contributed by atoms with van der Waals surface area (Å²) in [5.41, 5.74) is 4.03. The highest BCUT2D eigenvalue weighted by molar-refractivity contribution is 7.12. The van der Waals surface area contributed by atoms with Gasteiger partial charge in [-0.3, -0.25) is 4.90 Å². The van der Waals surface area contributed by atoms with Crippen LogP contribution in [-0.2, 0) is 24.2 Å². The van der Waals surface area contributed by atoms with Crippen LogP contribution in [0, 0.1) is 0 Å². The molecule has 4 heterocycles. The van der Waals surface area contributed by atoms with Crippen molar-refractivity contribution in [1.29, 1.82) is 0 Å². The number of ether oxygens (including phenoxy) is 2. The monoisotopic (exact) mass is 368 g/mol. The molecule has 2 aromatic heterocycles. The van der Waals surface area contributed by atoms with Crippen LogP contribution in [0.5, 0.6) is 5.75 Å². The standard InChI is InChI=1S/C21H24N2O2S/c1-24-14-4-6-18-16(11-14)17-13-23(9-8-19(17)22-18)12-15-5-7-21(26-15)20-3-2-10-25-20/h4-7,11,20,22H,2-3,8-10,12-13H2,1H3. The second-order valence-corrected chi connectivity index (χ2v) is 8.46. The Morgan fingerprint density at radius 2 is 2.27 bits per heavy atom. The Bertz CT molecular complexity index is 923. The first-order chi connectivity index (χ1) is 12.8. The fourth-order valence-corrected chi connectivity index (χ4v) is 5.33. The van der Waals surface area contributed by atoms with Gasteiger partial charge in [0.2, 0.25) is 0 Å². The molecule has 0 spiro atoms. The summed E-state index contributed by atoms with van der Waals surface area (Å²) in [5.74, 6) is 0.927. The van der Waals surface area contributed by atoms with Gasteiger partial charge < -0.3 is 14.5 Å². The fourth-order valence-electron chi connectivity index (χ4n) is 4.19. The van der Waals surface area contributed by atoms with Crippen molar-refractivity contribution in [3.63, 3.8) is 0 Å². The number of aromatic amines is 1. The van der Waals surface area contributed by atoms with Crippen LogP contribution in [0.3, 0.4) is 0 Å². The molecule has 0 saturated carbocycles. The van der Waals surface area contributed by atoms with Crippen LogP contribution in [-0.4, -0.2) is 30.1 Å². The molecule has 1 N–H and O–H groups in total. The molecule has 1 unspecified atom stereocenters. The Morgan fingerprint density at radius 1 is 1.31 bits per heavy atom. The Morgan fingerprint density at radius 3 is 3.12 bits per heavy atom. The van der Waals surface area contributed by atoms with Crippen molar-refractivity contribution in [2.45, 2.75) is 38.5 Å². The van der Waals surface area contributed by atoms with Gasteiger partial charge >= 0.3 is 0 Å². The Kier molecular flexibility index (Phi) is 4.23. The summed E-state index contributed by atoms with van der Waals surface area (Å²) < 4.78 is 11.2. The average molecular weight is 369 g/mol. The zero-order chi connectivity index (χ0) is 17.5.